The van der Waals surface area contributed by atoms with Crippen LogP contribution in [0.5, 0.6) is 0 Å². The van der Waals surface area contributed by atoms with Gasteiger partial charge in [0.25, 0.3) is 0 Å². The van der Waals surface area contributed by atoms with Gasteiger partial charge in [0.15, 0.2) is 0 Å². The molecule has 0 aromatic rings. The molecule has 2 atom stereocenters. The van der Waals surface area contributed by atoms with Gasteiger partial charge in [-0.15, -0.1) is 0 Å². The number of ether oxygens (including phenoxy) is 1. The van der Waals surface area contributed by atoms with Crippen molar-refractivity contribution in [2.75, 3.05) is 6.61 Å². The molecule has 0 saturated carbocycles. The van der Waals surface area contributed by atoms with Crippen molar-refractivity contribution in [3.05, 3.63) is 11.5 Å². The molecule has 118 valence electrons. The van der Waals surface area contributed by atoms with Gasteiger partial charge in [-0.2, -0.15) is 0 Å². The molecule has 1 fully saturated rings. The van der Waals surface area contributed by atoms with E-state index in [4.69, 9.17) is 14.0 Å². The Labute approximate surface area is 128 Å². The molecule has 1 aliphatic heterocycles. The van der Waals surface area contributed by atoms with Crippen LogP contribution in [0.2, 0.25) is 0 Å². The van der Waals surface area contributed by atoms with Crippen molar-refractivity contribution in [2.45, 2.75) is 65.6 Å². The van der Waals surface area contributed by atoms with Crippen LogP contribution in [0, 0.1) is 11.8 Å². The second-order valence-corrected chi connectivity index (χ2v) is 7.11. The lowest BCUT2D eigenvalue weighted by atomic mass is 9.65. The summed E-state index contributed by atoms with van der Waals surface area (Å²) in [7, 11) is -0.298. The van der Waals surface area contributed by atoms with Crippen LogP contribution in [0.4, 0.5) is 0 Å². The van der Waals surface area contributed by atoms with E-state index in [1.165, 1.54) is 0 Å². The third-order valence-electron chi connectivity index (χ3n) is 4.99. The third-order valence-corrected chi connectivity index (χ3v) is 4.99. The Morgan fingerprint density at radius 3 is 2.38 bits per heavy atom. The van der Waals surface area contributed by atoms with Crippen LogP contribution in [0.3, 0.4) is 0 Å². The molecule has 2 unspecified atom stereocenters. The van der Waals surface area contributed by atoms with Crippen molar-refractivity contribution in [1.29, 1.82) is 0 Å². The fourth-order valence-corrected chi connectivity index (χ4v) is 2.90. The highest BCUT2D eigenvalue weighted by atomic mass is 16.7. The van der Waals surface area contributed by atoms with Gasteiger partial charge in [0.2, 0.25) is 0 Å². The lowest BCUT2D eigenvalue weighted by molar-refractivity contribution is -0.148. The zero-order valence-electron chi connectivity index (χ0n) is 14.1. The highest BCUT2D eigenvalue weighted by Gasteiger charge is 2.53. The first-order chi connectivity index (χ1) is 9.68. The van der Waals surface area contributed by atoms with Crippen molar-refractivity contribution in [3.63, 3.8) is 0 Å². The van der Waals surface area contributed by atoms with E-state index in [2.05, 4.69) is 40.7 Å². The van der Waals surface area contributed by atoms with Crippen molar-refractivity contribution < 1.29 is 18.8 Å². The van der Waals surface area contributed by atoms with Crippen molar-refractivity contribution in [3.8, 4) is 0 Å². The highest BCUT2D eigenvalue weighted by molar-refractivity contribution is 6.54. The fraction of sp³-hybridized carbons (Fsp3) is 0.812. The molecule has 1 heterocycles. The molecule has 0 aromatic heterocycles. The number of carbonyl (C=O) groups excluding carboxylic acids is 1. The highest BCUT2D eigenvalue weighted by Crippen LogP contribution is 2.42. The minimum absolute atomic E-state index is 0.0360. The molecule has 2 aliphatic rings. The molecular formula is C16H27BO4. The molecule has 0 N–H and O–H groups in total. The van der Waals surface area contributed by atoms with Gasteiger partial charge in [0, 0.05) is 0 Å². The van der Waals surface area contributed by atoms with Crippen LogP contribution in [0.25, 0.3) is 0 Å². The van der Waals surface area contributed by atoms with E-state index in [0.29, 0.717) is 13.0 Å². The van der Waals surface area contributed by atoms with E-state index in [1.807, 2.05) is 6.92 Å². The van der Waals surface area contributed by atoms with Crippen molar-refractivity contribution in [2.24, 2.45) is 11.8 Å². The summed E-state index contributed by atoms with van der Waals surface area (Å²) in [5.41, 5.74) is 0.515. The third kappa shape index (κ3) is 3.19. The van der Waals surface area contributed by atoms with Gasteiger partial charge < -0.3 is 14.0 Å². The van der Waals surface area contributed by atoms with Crippen LogP contribution in [0.15, 0.2) is 11.5 Å². The van der Waals surface area contributed by atoms with Gasteiger partial charge >= 0.3 is 13.1 Å². The van der Waals surface area contributed by atoms with Crippen LogP contribution in [-0.4, -0.2) is 30.9 Å². The molecule has 1 saturated heterocycles. The van der Waals surface area contributed by atoms with E-state index in [-0.39, 0.29) is 36.1 Å². The summed E-state index contributed by atoms with van der Waals surface area (Å²) >= 11 is 0. The summed E-state index contributed by atoms with van der Waals surface area (Å²) in [5.74, 6) is 0.141. The summed E-state index contributed by atoms with van der Waals surface area (Å²) in [4.78, 5) is 11.9. The monoisotopic (exact) mass is 294 g/mol. The summed E-state index contributed by atoms with van der Waals surface area (Å²) in [6.45, 7) is 12.6. The van der Waals surface area contributed by atoms with Crippen molar-refractivity contribution in [1.82, 2.24) is 0 Å². The number of hydrogen-bond donors (Lipinski definition) is 0. The molecule has 1 aliphatic carbocycles. The number of esters is 1. The number of carbonyl (C=O) groups is 1. The standard InChI is InChI=1S/C16H27BO4/c1-7-19-14(18)12-8-9-13(11(2)10-12)17-20-15(3,4)16(5,6)21-17/h9,11-12H,7-8,10H2,1-6H3. The van der Waals surface area contributed by atoms with Gasteiger partial charge in [-0.3, -0.25) is 4.79 Å². The molecule has 0 amide bonds. The van der Waals surface area contributed by atoms with Gasteiger partial charge in [0.1, 0.15) is 0 Å². The molecule has 0 bridgehead atoms. The van der Waals surface area contributed by atoms with Gasteiger partial charge in [-0.1, -0.05) is 13.0 Å². The normalized spacial score (nSPS) is 31.0. The Morgan fingerprint density at radius 1 is 1.33 bits per heavy atom. The van der Waals surface area contributed by atoms with Crippen LogP contribution >= 0.6 is 0 Å². The van der Waals surface area contributed by atoms with Crippen LogP contribution in [-0.2, 0) is 18.8 Å². The summed E-state index contributed by atoms with van der Waals surface area (Å²) in [6, 6.07) is 0. The number of allylic oxidation sites excluding steroid dienone is 2. The summed E-state index contributed by atoms with van der Waals surface area (Å²) in [6.07, 6.45) is 3.62. The summed E-state index contributed by atoms with van der Waals surface area (Å²) < 4.78 is 17.3. The van der Waals surface area contributed by atoms with Crippen molar-refractivity contribution >= 4 is 13.1 Å². The van der Waals surface area contributed by atoms with Crippen LogP contribution < -0.4 is 0 Å². The van der Waals surface area contributed by atoms with E-state index in [0.717, 1.165) is 11.9 Å². The number of rotatable bonds is 3. The van der Waals surface area contributed by atoms with Crippen LogP contribution in [0.1, 0.15) is 54.4 Å². The molecule has 5 heteroatoms. The largest absolute Gasteiger partial charge is 0.490 e. The van der Waals surface area contributed by atoms with Gasteiger partial charge in [0.05, 0.1) is 23.7 Å². The average Bonchev–Trinajstić information content (AvgIpc) is 2.58. The first-order valence-electron chi connectivity index (χ1n) is 7.90. The second-order valence-electron chi connectivity index (χ2n) is 7.11. The Hall–Kier alpha value is -0.805. The predicted octanol–water partition coefficient (Wildman–Crippen LogP) is 3.15. The lowest BCUT2D eigenvalue weighted by Crippen LogP contribution is -2.41. The lowest BCUT2D eigenvalue weighted by Gasteiger charge is -2.32. The Kier molecular flexibility index (Phi) is 4.55. The molecule has 0 aromatic carbocycles. The molecule has 2 rings (SSSR count). The van der Waals surface area contributed by atoms with Gasteiger partial charge in [-0.05, 0) is 58.9 Å². The maximum absolute atomic E-state index is 11.9. The second kappa shape index (κ2) is 5.77. The Morgan fingerprint density at radius 2 is 1.90 bits per heavy atom. The smallest absolute Gasteiger partial charge is 0.466 e. The minimum Gasteiger partial charge on any atom is -0.466 e. The quantitative estimate of drug-likeness (QED) is 0.592. The molecule has 0 radical (unpaired) electrons. The minimum atomic E-state index is -0.323. The average molecular weight is 294 g/mol. The topological polar surface area (TPSA) is 44.8 Å². The van der Waals surface area contributed by atoms with Gasteiger partial charge in [-0.25, -0.2) is 0 Å². The molecule has 21 heavy (non-hydrogen) atoms. The van der Waals surface area contributed by atoms with E-state index < -0.39 is 0 Å². The molecule has 0 spiro atoms. The molecule has 4 nitrogen and oxygen atoms in total. The maximum Gasteiger partial charge on any atom is 0.490 e. The Bertz CT molecular complexity index is 426. The Balaban J connectivity index is 2.08. The van der Waals surface area contributed by atoms with E-state index >= 15 is 0 Å². The van der Waals surface area contributed by atoms with E-state index in [1.54, 1.807) is 0 Å². The maximum atomic E-state index is 11.9. The number of hydrogen-bond acceptors (Lipinski definition) is 4. The zero-order chi connectivity index (χ0) is 15.8. The fourth-order valence-electron chi connectivity index (χ4n) is 2.90. The molecular weight excluding hydrogens is 267 g/mol. The SMILES string of the molecule is CCOC(=O)C1CC=C(B2OC(C)(C)C(C)(C)O2)C(C)C1. The zero-order valence-corrected chi connectivity index (χ0v) is 14.1. The predicted molar refractivity (Wildman–Crippen MR) is 82.7 cm³/mol. The van der Waals surface area contributed by atoms with E-state index in [9.17, 15) is 4.79 Å². The first-order valence-corrected chi connectivity index (χ1v) is 7.90. The summed E-state index contributed by atoms with van der Waals surface area (Å²) in [5, 5.41) is 0. The first kappa shape index (κ1) is 16.6.